The van der Waals surface area contributed by atoms with Crippen molar-refractivity contribution in [3.05, 3.63) is 0 Å². The van der Waals surface area contributed by atoms with Gasteiger partial charge in [0.1, 0.15) is 12.1 Å². The molecule has 2 rings (SSSR count). The number of hydrogen-bond donors (Lipinski definition) is 4. The molecule has 0 radical (unpaired) electrons. The van der Waals surface area contributed by atoms with Gasteiger partial charge in [0.2, 0.25) is 11.8 Å². The maximum atomic E-state index is 13.6. The summed E-state index contributed by atoms with van der Waals surface area (Å²) in [5.41, 5.74) is 5.62. The molecule has 1 aliphatic carbocycles. The summed E-state index contributed by atoms with van der Waals surface area (Å²) >= 11 is 1.59. The van der Waals surface area contributed by atoms with E-state index in [0.717, 1.165) is 37.9 Å². The number of rotatable bonds is 10. The van der Waals surface area contributed by atoms with Crippen LogP contribution in [0.2, 0.25) is 0 Å². The van der Waals surface area contributed by atoms with Gasteiger partial charge in [-0.1, -0.05) is 13.8 Å². The van der Waals surface area contributed by atoms with Crippen molar-refractivity contribution in [2.24, 2.45) is 11.7 Å². The normalized spacial score (nSPS) is 24.1. The number of carbonyl (C=O) groups is 3. The second-order valence-corrected chi connectivity index (χ2v) is 11.4. The van der Waals surface area contributed by atoms with Crippen LogP contribution in [-0.2, 0) is 14.3 Å². The molecule has 1 aliphatic heterocycles. The van der Waals surface area contributed by atoms with E-state index in [1.807, 2.05) is 27.7 Å². The number of nitrogens with two attached hydrogens (primary N) is 1. The minimum absolute atomic E-state index is 0.0377. The maximum absolute atomic E-state index is 13.6. The Balaban J connectivity index is 2.07. The van der Waals surface area contributed by atoms with Gasteiger partial charge in [-0.05, 0) is 64.5 Å². The molecule has 2 aliphatic rings. The average molecular weight is 484 g/mol. The van der Waals surface area contributed by atoms with E-state index in [1.165, 1.54) is 0 Å². The van der Waals surface area contributed by atoms with Crippen LogP contribution in [-0.4, -0.2) is 70.4 Å². The van der Waals surface area contributed by atoms with E-state index < -0.39 is 22.9 Å². The number of likely N-dealkylation sites (tertiary alicyclic amines) is 1. The summed E-state index contributed by atoms with van der Waals surface area (Å²) in [5, 5.41) is 13.5. The summed E-state index contributed by atoms with van der Waals surface area (Å²) in [6.07, 6.45) is 4.59. The predicted octanol–water partition coefficient (Wildman–Crippen LogP) is 2.62. The quantitative estimate of drug-likeness (QED) is 0.278. The Morgan fingerprint density at radius 1 is 1.18 bits per heavy atom. The third-order valence-corrected chi connectivity index (χ3v) is 7.78. The van der Waals surface area contributed by atoms with Crippen LogP contribution in [0.15, 0.2) is 0 Å². The van der Waals surface area contributed by atoms with Crippen LogP contribution in [0.3, 0.4) is 0 Å². The number of nitrogens with one attached hydrogen (secondary N) is 3. The van der Waals surface area contributed by atoms with Crippen molar-refractivity contribution in [2.45, 2.75) is 95.5 Å². The molecule has 3 amide bonds. The zero-order valence-corrected chi connectivity index (χ0v) is 21.3. The first-order valence-electron chi connectivity index (χ1n) is 12.1. The predicted molar refractivity (Wildman–Crippen MR) is 131 cm³/mol. The van der Waals surface area contributed by atoms with Crippen molar-refractivity contribution in [2.75, 3.05) is 18.9 Å². The number of amides is 3. The van der Waals surface area contributed by atoms with Crippen molar-refractivity contribution in [1.82, 2.24) is 15.5 Å². The van der Waals surface area contributed by atoms with Crippen molar-refractivity contribution in [1.29, 1.82) is 5.41 Å². The summed E-state index contributed by atoms with van der Waals surface area (Å²) in [6, 6.07) is -1.30. The Morgan fingerprint density at radius 3 is 2.42 bits per heavy atom. The third kappa shape index (κ3) is 7.52. The van der Waals surface area contributed by atoms with Gasteiger partial charge in [-0.2, -0.15) is 11.8 Å². The number of ether oxygens (including phenoxy) is 1. The van der Waals surface area contributed by atoms with Crippen LogP contribution in [0.1, 0.15) is 72.6 Å². The lowest BCUT2D eigenvalue weighted by molar-refractivity contribution is -0.140. The molecule has 0 unspecified atom stereocenters. The number of amidine groups is 1. The molecule has 5 N–H and O–H groups in total. The van der Waals surface area contributed by atoms with Gasteiger partial charge in [-0.25, -0.2) is 4.79 Å². The summed E-state index contributed by atoms with van der Waals surface area (Å²) < 4.78 is 4.61. The van der Waals surface area contributed by atoms with Crippen molar-refractivity contribution < 1.29 is 19.1 Å². The van der Waals surface area contributed by atoms with Gasteiger partial charge in [0.05, 0.1) is 12.4 Å². The van der Waals surface area contributed by atoms with Gasteiger partial charge in [0.15, 0.2) is 0 Å². The van der Waals surface area contributed by atoms with E-state index in [0.29, 0.717) is 19.4 Å². The molecular weight excluding hydrogens is 442 g/mol. The second-order valence-electron chi connectivity index (χ2n) is 9.45. The van der Waals surface area contributed by atoms with Crippen LogP contribution >= 0.6 is 11.8 Å². The number of carbonyl (C=O) groups excluding carboxylic acids is 3. The molecular formula is C23H41N5O4S. The molecule has 2 fully saturated rings. The van der Waals surface area contributed by atoms with E-state index in [9.17, 15) is 14.4 Å². The SMILES string of the molecule is CCCOC(=O)N[C@@H](C(=O)N1CCC[C@H]1C(=O)NC1CCC(C(=N)N)CC1)C(C)(C)SCC. The van der Waals surface area contributed by atoms with Crippen LogP contribution in [0, 0.1) is 11.3 Å². The number of thioether (sulfide) groups is 1. The molecule has 1 saturated carbocycles. The lowest BCUT2D eigenvalue weighted by atomic mass is 9.85. The molecule has 0 aromatic heterocycles. The molecule has 1 saturated heterocycles. The number of hydrogen-bond acceptors (Lipinski definition) is 6. The minimum atomic E-state index is -0.800. The van der Waals surface area contributed by atoms with E-state index >= 15 is 0 Å². The van der Waals surface area contributed by atoms with E-state index in [2.05, 4.69) is 10.6 Å². The number of alkyl carbamates (subject to hydrolysis) is 1. The summed E-state index contributed by atoms with van der Waals surface area (Å²) in [4.78, 5) is 40.7. The van der Waals surface area contributed by atoms with E-state index in [1.54, 1.807) is 16.7 Å². The van der Waals surface area contributed by atoms with E-state index in [4.69, 9.17) is 15.9 Å². The maximum Gasteiger partial charge on any atom is 0.407 e. The fourth-order valence-electron chi connectivity index (χ4n) is 4.66. The van der Waals surface area contributed by atoms with Crippen molar-refractivity contribution in [3.8, 4) is 0 Å². The number of nitrogens with zero attached hydrogens (tertiary/aromatic N) is 1. The summed E-state index contributed by atoms with van der Waals surface area (Å²) in [6.45, 7) is 8.56. The molecule has 10 heteroatoms. The van der Waals surface area contributed by atoms with Gasteiger partial charge in [-0.3, -0.25) is 15.0 Å². The van der Waals surface area contributed by atoms with Gasteiger partial charge < -0.3 is 26.0 Å². The monoisotopic (exact) mass is 483 g/mol. The fourth-order valence-corrected chi connectivity index (χ4v) is 5.73. The molecule has 2 atom stereocenters. The molecule has 33 heavy (non-hydrogen) atoms. The van der Waals surface area contributed by atoms with Crippen molar-refractivity contribution >= 4 is 35.5 Å². The molecule has 0 bridgehead atoms. The topological polar surface area (TPSA) is 138 Å². The smallest absolute Gasteiger partial charge is 0.407 e. The van der Waals surface area contributed by atoms with Crippen LogP contribution < -0.4 is 16.4 Å². The highest BCUT2D eigenvalue weighted by molar-refractivity contribution is 8.00. The largest absolute Gasteiger partial charge is 0.450 e. The molecule has 188 valence electrons. The Hall–Kier alpha value is -1.97. The zero-order chi connectivity index (χ0) is 24.6. The lowest BCUT2D eigenvalue weighted by Crippen LogP contribution is -2.60. The van der Waals surface area contributed by atoms with Crippen LogP contribution in [0.4, 0.5) is 4.79 Å². The summed E-state index contributed by atoms with van der Waals surface area (Å²) in [5.74, 6) is 0.721. The first-order valence-corrected chi connectivity index (χ1v) is 13.1. The third-order valence-electron chi connectivity index (χ3n) is 6.51. The Bertz CT molecular complexity index is 709. The molecule has 0 spiro atoms. The van der Waals surface area contributed by atoms with Gasteiger partial charge in [0.25, 0.3) is 0 Å². The first kappa shape index (κ1) is 27.3. The molecule has 1 heterocycles. The highest BCUT2D eigenvalue weighted by Gasteiger charge is 2.44. The zero-order valence-electron chi connectivity index (χ0n) is 20.4. The highest BCUT2D eigenvalue weighted by atomic mass is 32.2. The van der Waals surface area contributed by atoms with Crippen LogP contribution in [0.5, 0.6) is 0 Å². The van der Waals surface area contributed by atoms with Gasteiger partial charge in [-0.15, -0.1) is 0 Å². The molecule has 0 aromatic rings. The van der Waals surface area contributed by atoms with E-state index in [-0.39, 0.29) is 36.2 Å². The average Bonchev–Trinajstić information content (AvgIpc) is 3.26. The standard InChI is InChI=1S/C23H41N5O4S/c1-5-14-32-22(31)27-18(23(3,4)33-6-2)21(30)28-13-7-8-17(28)20(29)26-16-11-9-15(10-12-16)19(24)25/h15-18H,5-14H2,1-4H3,(H3,24,25)(H,26,29)(H,27,31)/t15?,16?,17-,18-/m0/s1. The fraction of sp³-hybridized carbons (Fsp3) is 0.826. The first-order chi connectivity index (χ1) is 15.6. The Kier molecular flexibility index (Phi) is 10.3. The molecule has 9 nitrogen and oxygen atoms in total. The van der Waals surface area contributed by atoms with Crippen LogP contribution in [0.25, 0.3) is 0 Å². The summed E-state index contributed by atoms with van der Waals surface area (Å²) in [7, 11) is 0. The van der Waals surface area contributed by atoms with Gasteiger partial charge in [0, 0.05) is 23.3 Å². The second kappa shape index (κ2) is 12.5. The molecule has 0 aromatic carbocycles. The Morgan fingerprint density at radius 2 is 1.85 bits per heavy atom. The Labute approximate surface area is 201 Å². The lowest BCUT2D eigenvalue weighted by Gasteiger charge is -2.37. The van der Waals surface area contributed by atoms with Crippen molar-refractivity contribution in [3.63, 3.8) is 0 Å². The highest BCUT2D eigenvalue weighted by Crippen LogP contribution is 2.31. The minimum Gasteiger partial charge on any atom is -0.450 e. The van der Waals surface area contributed by atoms with Gasteiger partial charge >= 0.3 is 6.09 Å².